The van der Waals surface area contributed by atoms with E-state index in [-0.39, 0.29) is 36.0 Å². The molecule has 0 aliphatic rings. The van der Waals surface area contributed by atoms with Crippen molar-refractivity contribution in [3.8, 4) is 5.75 Å². The lowest BCUT2D eigenvalue weighted by molar-refractivity contribution is -0.116. The van der Waals surface area contributed by atoms with Gasteiger partial charge < -0.3 is 19.5 Å². The molecule has 8 heteroatoms. The van der Waals surface area contributed by atoms with E-state index in [1.165, 1.54) is 0 Å². The molecule has 0 saturated heterocycles. The molecule has 168 valence electrons. The van der Waals surface area contributed by atoms with Gasteiger partial charge in [0.15, 0.2) is 0 Å². The predicted molar refractivity (Wildman–Crippen MR) is 120 cm³/mol. The SMILES string of the molecule is CCOC(=O)c1sc(NC(=O)CCCOc2cccc(C)c2C)c(C(=O)OCC)c1C. The summed E-state index contributed by atoms with van der Waals surface area (Å²) in [6.45, 7) is 9.84. The molecule has 0 radical (unpaired) electrons. The largest absolute Gasteiger partial charge is 0.493 e. The highest BCUT2D eigenvalue weighted by atomic mass is 32.1. The van der Waals surface area contributed by atoms with Gasteiger partial charge in [0.1, 0.15) is 15.6 Å². The topological polar surface area (TPSA) is 90.9 Å². The molecule has 1 aromatic carbocycles. The summed E-state index contributed by atoms with van der Waals surface area (Å²) in [6, 6.07) is 5.85. The van der Waals surface area contributed by atoms with Crippen LogP contribution in [0.5, 0.6) is 5.75 Å². The lowest BCUT2D eigenvalue weighted by Crippen LogP contribution is -2.15. The van der Waals surface area contributed by atoms with E-state index in [2.05, 4.69) is 5.32 Å². The summed E-state index contributed by atoms with van der Waals surface area (Å²) >= 11 is 1.02. The number of rotatable bonds is 10. The number of carbonyl (C=O) groups is 3. The molecule has 0 bridgehead atoms. The average molecular weight is 448 g/mol. The Morgan fingerprint density at radius 2 is 1.65 bits per heavy atom. The molecule has 1 aromatic heterocycles. The molecule has 0 aliphatic carbocycles. The van der Waals surface area contributed by atoms with Crippen LogP contribution in [0.4, 0.5) is 5.00 Å². The molecule has 0 fully saturated rings. The molecule has 1 amide bonds. The zero-order valence-corrected chi connectivity index (χ0v) is 19.4. The second-order valence-corrected chi connectivity index (χ2v) is 7.92. The van der Waals surface area contributed by atoms with E-state index in [9.17, 15) is 14.4 Å². The van der Waals surface area contributed by atoms with Crippen molar-refractivity contribution in [1.29, 1.82) is 0 Å². The highest BCUT2D eigenvalue weighted by Crippen LogP contribution is 2.34. The number of hydrogen-bond donors (Lipinski definition) is 1. The summed E-state index contributed by atoms with van der Waals surface area (Å²) in [6.07, 6.45) is 0.710. The number of esters is 2. The first-order valence-electron chi connectivity index (χ1n) is 10.3. The van der Waals surface area contributed by atoms with Crippen molar-refractivity contribution in [3.05, 3.63) is 45.3 Å². The lowest BCUT2D eigenvalue weighted by atomic mass is 10.1. The third kappa shape index (κ3) is 6.30. The van der Waals surface area contributed by atoms with Crippen LogP contribution >= 0.6 is 11.3 Å². The Balaban J connectivity index is 2.03. The van der Waals surface area contributed by atoms with Gasteiger partial charge in [-0.15, -0.1) is 11.3 Å². The molecule has 1 N–H and O–H groups in total. The number of hydrogen-bond acceptors (Lipinski definition) is 7. The first-order chi connectivity index (χ1) is 14.8. The molecule has 0 unspecified atom stereocenters. The average Bonchev–Trinajstić information content (AvgIpc) is 3.04. The number of carbonyl (C=O) groups excluding carboxylic acids is 3. The van der Waals surface area contributed by atoms with Crippen LogP contribution in [0.25, 0.3) is 0 Å². The quantitative estimate of drug-likeness (QED) is 0.415. The Labute approximate surface area is 186 Å². The molecule has 31 heavy (non-hydrogen) atoms. The standard InChI is InChI=1S/C23H29NO6S/c1-6-28-22(26)19-16(5)20(23(27)29-7-2)31-21(19)24-18(25)12-9-13-30-17-11-8-10-14(3)15(17)4/h8,10-11H,6-7,9,12-13H2,1-5H3,(H,24,25). The van der Waals surface area contributed by atoms with Crippen LogP contribution in [0.2, 0.25) is 0 Å². The van der Waals surface area contributed by atoms with Gasteiger partial charge in [0.2, 0.25) is 5.91 Å². The molecule has 7 nitrogen and oxygen atoms in total. The second kappa shape index (κ2) is 11.5. The smallest absolute Gasteiger partial charge is 0.348 e. The van der Waals surface area contributed by atoms with Crippen LogP contribution in [-0.2, 0) is 14.3 Å². The maximum Gasteiger partial charge on any atom is 0.348 e. The van der Waals surface area contributed by atoms with E-state index in [4.69, 9.17) is 14.2 Å². The van der Waals surface area contributed by atoms with Gasteiger partial charge in [-0.05, 0) is 63.8 Å². The number of amides is 1. The van der Waals surface area contributed by atoms with Crippen LogP contribution in [-0.4, -0.2) is 37.7 Å². The Bertz CT molecular complexity index is 950. The minimum Gasteiger partial charge on any atom is -0.493 e. The van der Waals surface area contributed by atoms with Crippen molar-refractivity contribution in [1.82, 2.24) is 0 Å². The van der Waals surface area contributed by atoms with E-state index >= 15 is 0 Å². The van der Waals surface area contributed by atoms with E-state index in [0.717, 1.165) is 28.2 Å². The Kier molecular flexibility index (Phi) is 9.05. The van der Waals surface area contributed by atoms with E-state index in [0.29, 0.717) is 23.6 Å². The van der Waals surface area contributed by atoms with E-state index in [1.807, 2.05) is 32.0 Å². The monoisotopic (exact) mass is 447 g/mol. The summed E-state index contributed by atoms with van der Waals surface area (Å²) in [4.78, 5) is 37.3. The van der Waals surface area contributed by atoms with Gasteiger partial charge in [-0.25, -0.2) is 9.59 Å². The zero-order valence-electron chi connectivity index (χ0n) is 18.6. The Hall–Kier alpha value is -2.87. The van der Waals surface area contributed by atoms with Crippen LogP contribution in [0.15, 0.2) is 18.2 Å². The van der Waals surface area contributed by atoms with Gasteiger partial charge >= 0.3 is 11.9 Å². The number of nitrogens with one attached hydrogen (secondary N) is 1. The van der Waals surface area contributed by atoms with Crippen molar-refractivity contribution < 1.29 is 28.6 Å². The van der Waals surface area contributed by atoms with Gasteiger partial charge in [-0.3, -0.25) is 4.79 Å². The maximum atomic E-state index is 12.5. The lowest BCUT2D eigenvalue weighted by Gasteiger charge is -2.11. The summed E-state index contributed by atoms with van der Waals surface area (Å²) in [5.41, 5.74) is 2.85. The fourth-order valence-electron chi connectivity index (χ4n) is 2.93. The van der Waals surface area contributed by atoms with Crippen molar-refractivity contribution in [2.45, 2.75) is 47.5 Å². The third-order valence-corrected chi connectivity index (χ3v) is 5.89. The first-order valence-corrected chi connectivity index (χ1v) is 11.1. The van der Waals surface area contributed by atoms with Crippen LogP contribution in [0.1, 0.15) is 63.4 Å². The predicted octanol–water partition coefficient (Wildman–Crippen LogP) is 4.82. The Morgan fingerprint density at radius 1 is 0.968 bits per heavy atom. The molecule has 2 rings (SSSR count). The zero-order chi connectivity index (χ0) is 23.0. The maximum absolute atomic E-state index is 12.5. The summed E-state index contributed by atoms with van der Waals surface area (Å²) in [7, 11) is 0. The molecule has 1 heterocycles. The molecule has 2 aromatic rings. The molecular weight excluding hydrogens is 418 g/mol. The number of thiophene rings is 1. The molecule has 0 saturated carbocycles. The number of benzene rings is 1. The fraction of sp³-hybridized carbons (Fsp3) is 0.435. The van der Waals surface area contributed by atoms with Crippen molar-refractivity contribution >= 4 is 34.2 Å². The summed E-state index contributed by atoms with van der Waals surface area (Å²) < 4.78 is 15.9. The molecular formula is C23H29NO6S. The first kappa shape index (κ1) is 24.4. The summed E-state index contributed by atoms with van der Waals surface area (Å²) in [5.74, 6) is -0.580. The van der Waals surface area contributed by atoms with Crippen LogP contribution < -0.4 is 10.1 Å². The minimum absolute atomic E-state index is 0.186. The van der Waals surface area contributed by atoms with Gasteiger partial charge in [0, 0.05) is 6.42 Å². The summed E-state index contributed by atoms with van der Waals surface area (Å²) in [5, 5.41) is 3.03. The third-order valence-electron chi connectivity index (χ3n) is 4.70. The molecule has 0 aliphatic heterocycles. The van der Waals surface area contributed by atoms with E-state index in [1.54, 1.807) is 20.8 Å². The number of anilines is 1. The number of aryl methyl sites for hydroxylation is 1. The van der Waals surface area contributed by atoms with Gasteiger partial charge in [0.25, 0.3) is 0 Å². The fourth-order valence-corrected chi connectivity index (χ4v) is 4.03. The highest BCUT2D eigenvalue weighted by molar-refractivity contribution is 7.18. The van der Waals surface area contributed by atoms with Gasteiger partial charge in [-0.2, -0.15) is 0 Å². The normalized spacial score (nSPS) is 10.5. The van der Waals surface area contributed by atoms with Crippen LogP contribution in [0, 0.1) is 20.8 Å². The van der Waals surface area contributed by atoms with E-state index < -0.39 is 11.9 Å². The Morgan fingerprint density at radius 3 is 2.32 bits per heavy atom. The second-order valence-electron chi connectivity index (χ2n) is 6.90. The van der Waals surface area contributed by atoms with Crippen molar-refractivity contribution in [3.63, 3.8) is 0 Å². The molecule has 0 spiro atoms. The number of ether oxygens (including phenoxy) is 3. The van der Waals surface area contributed by atoms with Crippen LogP contribution in [0.3, 0.4) is 0 Å². The van der Waals surface area contributed by atoms with Gasteiger partial charge in [-0.1, -0.05) is 12.1 Å². The van der Waals surface area contributed by atoms with Crippen molar-refractivity contribution in [2.75, 3.05) is 25.1 Å². The highest BCUT2D eigenvalue weighted by Gasteiger charge is 2.27. The van der Waals surface area contributed by atoms with Gasteiger partial charge in [0.05, 0.1) is 25.4 Å². The minimum atomic E-state index is -0.583. The molecule has 0 atom stereocenters. The van der Waals surface area contributed by atoms with Crippen molar-refractivity contribution in [2.24, 2.45) is 0 Å².